The lowest BCUT2D eigenvalue weighted by atomic mass is 10.2. The Morgan fingerprint density at radius 2 is 1.95 bits per heavy atom. The van der Waals surface area contributed by atoms with Gasteiger partial charge in [-0.3, -0.25) is 0 Å². The van der Waals surface area contributed by atoms with Gasteiger partial charge in [-0.15, -0.1) is 0 Å². The van der Waals surface area contributed by atoms with Gasteiger partial charge in [-0.2, -0.15) is 13.2 Å². The number of hydrogen-bond acceptors (Lipinski definition) is 4. The lowest BCUT2D eigenvalue weighted by Crippen LogP contribution is -2.31. The summed E-state index contributed by atoms with van der Waals surface area (Å²) in [5.74, 6) is 1.40. The van der Waals surface area contributed by atoms with Crippen LogP contribution in [0.5, 0.6) is 0 Å². The third kappa shape index (κ3) is 4.92. The molecule has 0 atom stereocenters. The summed E-state index contributed by atoms with van der Waals surface area (Å²) in [6, 6.07) is 1.53. The number of nitrogens with one attached hydrogen (secondary N) is 1. The predicted octanol–water partition coefficient (Wildman–Crippen LogP) is 3.03. The maximum absolute atomic E-state index is 12.4. The topological polar surface area (TPSA) is 41.0 Å². The monoisotopic (exact) mass is 276 g/mol. The van der Waals surface area contributed by atoms with Crippen LogP contribution in [-0.4, -0.2) is 36.3 Å². The molecule has 0 bridgehead atoms. The summed E-state index contributed by atoms with van der Waals surface area (Å²) in [5.41, 5.74) is 0. The van der Waals surface area contributed by atoms with Gasteiger partial charge >= 0.3 is 6.18 Å². The van der Waals surface area contributed by atoms with E-state index in [1.807, 2.05) is 20.8 Å². The molecule has 0 aliphatic rings. The summed E-state index contributed by atoms with van der Waals surface area (Å²) >= 11 is 0. The van der Waals surface area contributed by atoms with Crippen LogP contribution < -0.4 is 10.2 Å². The molecule has 0 radical (unpaired) electrons. The molecular weight excluding hydrogens is 257 g/mol. The zero-order chi connectivity index (χ0) is 14.6. The number of halogens is 3. The van der Waals surface area contributed by atoms with Gasteiger partial charge < -0.3 is 10.2 Å². The maximum atomic E-state index is 12.4. The van der Waals surface area contributed by atoms with Gasteiger partial charge in [-0.1, -0.05) is 13.8 Å². The molecule has 0 saturated carbocycles. The fraction of sp³-hybridized carbons (Fsp3) is 0.667. The van der Waals surface area contributed by atoms with Crippen LogP contribution in [0.25, 0.3) is 0 Å². The van der Waals surface area contributed by atoms with Crippen molar-refractivity contribution >= 4 is 11.6 Å². The zero-order valence-corrected chi connectivity index (χ0v) is 11.5. The van der Waals surface area contributed by atoms with E-state index in [0.29, 0.717) is 18.2 Å². The molecule has 1 heterocycles. The number of hydrogen-bond donors (Lipinski definition) is 1. The first-order chi connectivity index (χ1) is 8.73. The fourth-order valence-corrected chi connectivity index (χ4v) is 1.53. The summed E-state index contributed by atoms with van der Waals surface area (Å²) in [7, 11) is 1.37. The number of aromatic nitrogens is 2. The largest absolute Gasteiger partial charge is 0.405 e. The first kappa shape index (κ1) is 15.5. The van der Waals surface area contributed by atoms with Gasteiger partial charge in [-0.25, -0.2) is 9.97 Å². The Balaban J connectivity index is 3.04. The highest BCUT2D eigenvalue weighted by molar-refractivity contribution is 5.49. The highest BCUT2D eigenvalue weighted by Crippen LogP contribution is 2.23. The molecule has 108 valence electrons. The van der Waals surface area contributed by atoms with Crippen LogP contribution in [0.4, 0.5) is 24.8 Å². The molecule has 7 heteroatoms. The summed E-state index contributed by atoms with van der Waals surface area (Å²) in [4.78, 5) is 9.52. The van der Waals surface area contributed by atoms with Crippen molar-refractivity contribution in [1.82, 2.24) is 9.97 Å². The molecule has 1 N–H and O–H groups in total. The van der Waals surface area contributed by atoms with Gasteiger partial charge in [0.15, 0.2) is 0 Å². The van der Waals surface area contributed by atoms with E-state index in [-0.39, 0.29) is 11.7 Å². The predicted molar refractivity (Wildman–Crippen MR) is 69.6 cm³/mol. The van der Waals surface area contributed by atoms with Crippen LogP contribution in [-0.2, 0) is 0 Å². The molecule has 1 rings (SSSR count). The zero-order valence-electron chi connectivity index (χ0n) is 11.5. The molecule has 1 aromatic rings. The van der Waals surface area contributed by atoms with Crippen molar-refractivity contribution in [3.63, 3.8) is 0 Å². The van der Waals surface area contributed by atoms with Crippen LogP contribution in [0.15, 0.2) is 6.07 Å². The SMILES string of the molecule is CCNc1cc(N(C)CC(F)(F)F)nc(C(C)C)n1. The molecule has 1 aromatic heterocycles. The Hall–Kier alpha value is -1.53. The minimum absolute atomic E-state index is 0.0524. The van der Waals surface area contributed by atoms with Crippen LogP contribution in [0.2, 0.25) is 0 Å². The van der Waals surface area contributed by atoms with Crippen LogP contribution in [0.1, 0.15) is 32.5 Å². The summed E-state index contributed by atoms with van der Waals surface area (Å²) < 4.78 is 37.2. The normalized spacial score (nSPS) is 11.8. The van der Waals surface area contributed by atoms with Crippen LogP contribution in [0, 0.1) is 0 Å². The molecule has 0 spiro atoms. The lowest BCUT2D eigenvalue weighted by Gasteiger charge is -2.21. The lowest BCUT2D eigenvalue weighted by molar-refractivity contribution is -0.119. The minimum Gasteiger partial charge on any atom is -0.370 e. The van der Waals surface area contributed by atoms with Gasteiger partial charge in [0.25, 0.3) is 0 Å². The molecule has 0 fully saturated rings. The number of nitrogens with zero attached hydrogens (tertiary/aromatic N) is 3. The van der Waals surface area contributed by atoms with Crippen LogP contribution >= 0.6 is 0 Å². The Labute approximate surface area is 111 Å². The van der Waals surface area contributed by atoms with Gasteiger partial charge in [0.2, 0.25) is 0 Å². The summed E-state index contributed by atoms with van der Waals surface area (Å²) in [6.07, 6.45) is -4.25. The van der Waals surface area contributed by atoms with E-state index in [1.165, 1.54) is 13.1 Å². The molecule has 0 saturated heterocycles. The Bertz CT molecular complexity index is 418. The molecule has 0 amide bonds. The highest BCUT2D eigenvalue weighted by Gasteiger charge is 2.30. The van der Waals surface area contributed by atoms with Crippen molar-refractivity contribution in [3.8, 4) is 0 Å². The van der Waals surface area contributed by atoms with E-state index in [2.05, 4.69) is 15.3 Å². The fourth-order valence-electron chi connectivity index (χ4n) is 1.53. The molecule has 19 heavy (non-hydrogen) atoms. The average molecular weight is 276 g/mol. The Morgan fingerprint density at radius 1 is 1.32 bits per heavy atom. The molecule has 0 aromatic carbocycles. The van der Waals surface area contributed by atoms with E-state index in [0.717, 1.165) is 4.90 Å². The van der Waals surface area contributed by atoms with E-state index in [4.69, 9.17) is 0 Å². The standard InChI is InChI=1S/C12H19F3N4/c1-5-16-9-6-10(18-11(17-9)8(2)3)19(4)7-12(13,14)15/h6,8H,5,7H2,1-4H3,(H,16,17,18). The Morgan fingerprint density at radius 3 is 2.42 bits per heavy atom. The van der Waals surface area contributed by atoms with Crippen molar-refractivity contribution in [2.45, 2.75) is 32.9 Å². The number of alkyl halides is 3. The van der Waals surface area contributed by atoms with E-state index in [1.54, 1.807) is 0 Å². The smallest absolute Gasteiger partial charge is 0.370 e. The van der Waals surface area contributed by atoms with E-state index >= 15 is 0 Å². The second-order valence-electron chi connectivity index (χ2n) is 4.63. The molecular formula is C12H19F3N4. The maximum Gasteiger partial charge on any atom is 0.405 e. The van der Waals surface area contributed by atoms with Gasteiger partial charge in [0.1, 0.15) is 24.0 Å². The molecule has 0 aliphatic heterocycles. The van der Waals surface area contributed by atoms with E-state index in [9.17, 15) is 13.2 Å². The minimum atomic E-state index is -4.25. The third-order valence-electron chi connectivity index (χ3n) is 2.41. The van der Waals surface area contributed by atoms with Crippen molar-refractivity contribution in [1.29, 1.82) is 0 Å². The number of rotatable bonds is 5. The molecule has 0 aliphatic carbocycles. The first-order valence-corrected chi connectivity index (χ1v) is 6.13. The van der Waals surface area contributed by atoms with Gasteiger partial charge in [0.05, 0.1) is 0 Å². The third-order valence-corrected chi connectivity index (χ3v) is 2.41. The molecule has 4 nitrogen and oxygen atoms in total. The second kappa shape index (κ2) is 6.08. The van der Waals surface area contributed by atoms with E-state index < -0.39 is 12.7 Å². The average Bonchev–Trinajstić information content (AvgIpc) is 2.26. The van der Waals surface area contributed by atoms with Crippen molar-refractivity contribution < 1.29 is 13.2 Å². The first-order valence-electron chi connectivity index (χ1n) is 6.13. The molecule has 0 unspecified atom stereocenters. The van der Waals surface area contributed by atoms with Crippen molar-refractivity contribution in [2.24, 2.45) is 0 Å². The number of anilines is 2. The summed E-state index contributed by atoms with van der Waals surface area (Å²) in [5, 5.41) is 3.00. The Kier molecular flexibility index (Phi) is 4.97. The quantitative estimate of drug-likeness (QED) is 0.897. The van der Waals surface area contributed by atoms with Crippen LogP contribution in [0.3, 0.4) is 0 Å². The van der Waals surface area contributed by atoms with Crippen molar-refractivity contribution in [3.05, 3.63) is 11.9 Å². The highest BCUT2D eigenvalue weighted by atomic mass is 19.4. The van der Waals surface area contributed by atoms with Crippen molar-refractivity contribution in [2.75, 3.05) is 30.4 Å². The van der Waals surface area contributed by atoms with Gasteiger partial charge in [-0.05, 0) is 6.92 Å². The second-order valence-corrected chi connectivity index (χ2v) is 4.63. The summed E-state index contributed by atoms with van der Waals surface area (Å²) in [6.45, 7) is 5.32. The van der Waals surface area contributed by atoms with Gasteiger partial charge in [0, 0.05) is 25.6 Å².